The van der Waals surface area contributed by atoms with Crippen LogP contribution in [0.2, 0.25) is 6.43 Å². The van der Waals surface area contributed by atoms with E-state index in [0.29, 0.717) is 11.6 Å². The van der Waals surface area contributed by atoms with Gasteiger partial charge in [0.1, 0.15) is 5.71 Å². The zero-order valence-electron chi connectivity index (χ0n) is 12.8. The molecule has 2 aromatic carbocycles. The third kappa shape index (κ3) is 4.69. The number of halogens is 1. The van der Waals surface area contributed by atoms with Gasteiger partial charge in [-0.2, -0.15) is 0 Å². The maximum absolute atomic E-state index is 11.1. The molecular weight excluding hydrogens is 302 g/mol. The summed E-state index contributed by atoms with van der Waals surface area (Å²) in [6.45, 7) is 0.332. The number of nitrogens with one attached hydrogen (secondary N) is 1. The fraction of sp³-hybridized carbons (Fsp3) is 0.176. The van der Waals surface area contributed by atoms with Crippen LogP contribution in [0, 0.1) is 5.40 Å². The minimum absolute atomic E-state index is 0.00724. The molecule has 2 aromatic rings. The van der Waals surface area contributed by atoms with Crippen molar-refractivity contribution >= 4 is 23.3 Å². The number of aliphatic carboxylic acids is 1. The minimum atomic E-state index is -1.22. The molecule has 0 fully saturated rings. The first-order valence-electron chi connectivity index (χ1n) is 7.20. The number of rotatable bonds is 7. The summed E-state index contributed by atoms with van der Waals surface area (Å²) in [5.74, 6) is -1.22. The highest BCUT2D eigenvalue weighted by Crippen LogP contribution is 2.25. The molecule has 0 amide bonds. The highest BCUT2D eigenvalue weighted by Gasteiger charge is 2.18. The fourth-order valence-electron chi connectivity index (χ4n) is 1.98. The highest BCUT2D eigenvalue weighted by molar-refractivity contribution is 6.34. The molecule has 4 nitrogen and oxygen atoms in total. The lowest BCUT2D eigenvalue weighted by Gasteiger charge is -2.18. The van der Waals surface area contributed by atoms with Gasteiger partial charge >= 0.3 is 5.97 Å². The van der Waals surface area contributed by atoms with Crippen molar-refractivity contribution in [1.82, 2.24) is 0 Å². The lowest BCUT2D eigenvalue weighted by Crippen LogP contribution is -2.17. The van der Waals surface area contributed by atoms with Crippen molar-refractivity contribution in [2.75, 3.05) is 0 Å². The van der Waals surface area contributed by atoms with Gasteiger partial charge in [0.2, 0.25) is 0 Å². The Morgan fingerprint density at radius 3 is 2.50 bits per heavy atom. The van der Waals surface area contributed by atoms with Gasteiger partial charge in [-0.3, -0.25) is 5.40 Å². The lowest BCUT2D eigenvalue weighted by atomic mass is 10.0. The van der Waals surface area contributed by atoms with Crippen molar-refractivity contribution < 1.29 is 16.0 Å². The van der Waals surface area contributed by atoms with Gasteiger partial charge < -0.3 is 9.84 Å². The van der Waals surface area contributed by atoms with Crippen LogP contribution in [0.1, 0.15) is 23.7 Å². The van der Waals surface area contributed by atoms with E-state index in [9.17, 15) is 4.79 Å². The van der Waals surface area contributed by atoms with Crippen molar-refractivity contribution in [3.8, 4) is 0 Å². The molecule has 0 aliphatic rings. The zero-order valence-corrected chi connectivity index (χ0v) is 12.5. The van der Waals surface area contributed by atoms with E-state index in [-0.39, 0.29) is 12.1 Å². The molecule has 0 aliphatic heterocycles. The topological polar surface area (TPSA) is 70.4 Å². The van der Waals surface area contributed by atoms with Crippen LogP contribution in [0.3, 0.4) is 0 Å². The van der Waals surface area contributed by atoms with Crippen LogP contribution in [0.25, 0.3) is 0 Å². The molecule has 0 spiro atoms. The van der Waals surface area contributed by atoms with Gasteiger partial charge in [-0.1, -0.05) is 54.1 Å². The van der Waals surface area contributed by atoms with Crippen LogP contribution >= 0.6 is 11.6 Å². The zero-order chi connectivity index (χ0) is 16.7. The van der Waals surface area contributed by atoms with Crippen LogP contribution in [-0.4, -0.2) is 16.8 Å². The first kappa shape index (κ1) is 14.8. The predicted molar refractivity (Wildman–Crippen MR) is 85.4 cm³/mol. The standard InChI is InChI=1S/C17H16ClNO3/c18-14-8-6-13(7-9-14)16(10-15(19)17(20)21)22-11-12-4-2-1-3-5-12/h1-9,16,19H,10-11H2,(H,20,21)/b19-15+. The molecule has 0 saturated heterocycles. The SMILES string of the molecule is [H]/N=C(\CC(OCc1ccccc1)c1ccc(Cl)cc1)C(=O)O. The molecule has 114 valence electrons. The maximum Gasteiger partial charge on any atom is 0.349 e. The molecule has 5 heteroatoms. The Kier molecular flexibility index (Phi) is 5.18. The largest absolute Gasteiger partial charge is 0.477 e. The molecule has 0 aliphatic carbocycles. The van der Waals surface area contributed by atoms with Gasteiger partial charge in [0.15, 0.2) is 1.41 Å². The number of hydrogen-bond donors (Lipinski definition) is 2. The van der Waals surface area contributed by atoms with Crippen LogP contribution in [-0.2, 0) is 16.1 Å². The van der Waals surface area contributed by atoms with Gasteiger partial charge in [-0.05, 0) is 23.3 Å². The Bertz CT molecular complexity index is 674. The summed E-state index contributed by atoms with van der Waals surface area (Å²) in [5.41, 5.74) is 1.51. The van der Waals surface area contributed by atoms with Gasteiger partial charge in [0.25, 0.3) is 0 Å². The Hall–Kier alpha value is -2.17. The summed E-state index contributed by atoms with van der Waals surface area (Å²) in [7, 11) is 0. The van der Waals surface area contributed by atoms with Gasteiger partial charge in [-0.25, -0.2) is 4.79 Å². The molecule has 1 unspecified atom stereocenters. The van der Waals surface area contributed by atoms with Gasteiger partial charge in [-0.15, -0.1) is 0 Å². The lowest BCUT2D eigenvalue weighted by molar-refractivity contribution is -0.129. The van der Waals surface area contributed by atoms with E-state index in [1.54, 1.807) is 24.3 Å². The first-order chi connectivity index (χ1) is 11.1. The average molecular weight is 318 g/mol. The quantitative estimate of drug-likeness (QED) is 0.755. The van der Waals surface area contributed by atoms with Crippen LogP contribution in [0.15, 0.2) is 54.6 Å². The third-order valence-corrected chi connectivity index (χ3v) is 3.41. The minimum Gasteiger partial charge on any atom is -0.477 e. The Balaban J connectivity index is 2.16. The molecule has 0 saturated carbocycles. The predicted octanol–water partition coefficient (Wildman–Crippen LogP) is 4.09. The molecule has 0 radical (unpaired) electrons. The van der Waals surface area contributed by atoms with Crippen LogP contribution in [0.5, 0.6) is 0 Å². The highest BCUT2D eigenvalue weighted by atomic mass is 35.5. The van der Waals surface area contributed by atoms with Crippen molar-refractivity contribution in [3.63, 3.8) is 0 Å². The third-order valence-electron chi connectivity index (χ3n) is 3.16. The smallest absolute Gasteiger partial charge is 0.349 e. The van der Waals surface area contributed by atoms with Crippen molar-refractivity contribution in [1.29, 1.82) is 5.40 Å². The number of hydrogen-bond acceptors (Lipinski definition) is 3. The number of carboxylic acid groups (broad SMARTS) is 1. The Morgan fingerprint density at radius 1 is 1.23 bits per heavy atom. The van der Waals surface area contributed by atoms with E-state index in [2.05, 4.69) is 5.40 Å². The van der Waals surface area contributed by atoms with E-state index < -0.39 is 12.1 Å². The van der Waals surface area contributed by atoms with Crippen LogP contribution in [0.4, 0.5) is 0 Å². The van der Waals surface area contributed by atoms with E-state index >= 15 is 0 Å². The van der Waals surface area contributed by atoms with E-state index in [0.717, 1.165) is 11.1 Å². The fourth-order valence-corrected chi connectivity index (χ4v) is 2.11. The summed E-state index contributed by atoms with van der Waals surface area (Å²) in [6.07, 6.45) is -0.513. The maximum atomic E-state index is 11.1. The van der Waals surface area contributed by atoms with Gasteiger partial charge in [0, 0.05) is 11.4 Å². The Morgan fingerprint density at radius 2 is 1.91 bits per heavy atom. The number of carbonyl (C=O) groups is 1. The molecule has 0 heterocycles. The summed E-state index contributed by atoms with van der Waals surface area (Å²) < 4.78 is 12.9. The molecule has 1 atom stereocenters. The normalized spacial score (nSPS) is 13.5. The molecular formula is C17H16ClNO3. The van der Waals surface area contributed by atoms with E-state index in [1.165, 1.54) is 0 Å². The summed E-state index contributed by atoms with van der Waals surface area (Å²) >= 11 is 5.88. The van der Waals surface area contributed by atoms with Crippen molar-refractivity contribution in [2.24, 2.45) is 0 Å². The number of benzene rings is 2. The van der Waals surface area contributed by atoms with E-state index in [4.69, 9.17) is 22.9 Å². The second-order valence-corrected chi connectivity index (χ2v) is 5.23. The van der Waals surface area contributed by atoms with Crippen molar-refractivity contribution in [3.05, 3.63) is 70.7 Å². The average Bonchev–Trinajstić information content (AvgIpc) is 2.57. The number of carboxylic acids is 1. The summed E-state index contributed by atoms with van der Waals surface area (Å²) in [5, 5.41) is 12.7. The second kappa shape index (κ2) is 7.73. The van der Waals surface area contributed by atoms with E-state index in [1.807, 2.05) is 30.3 Å². The monoisotopic (exact) mass is 317 g/mol. The van der Waals surface area contributed by atoms with Crippen LogP contribution < -0.4 is 0 Å². The summed E-state index contributed by atoms with van der Waals surface area (Å²) in [6, 6.07) is 16.6. The molecule has 0 aromatic heterocycles. The molecule has 2 rings (SSSR count). The van der Waals surface area contributed by atoms with Crippen molar-refractivity contribution in [2.45, 2.75) is 19.1 Å². The van der Waals surface area contributed by atoms with Gasteiger partial charge in [0.05, 0.1) is 12.7 Å². The molecule has 0 bridgehead atoms. The summed E-state index contributed by atoms with van der Waals surface area (Å²) in [4.78, 5) is 11.1. The number of ether oxygens (including phenoxy) is 1. The Labute approximate surface area is 135 Å². The second-order valence-electron chi connectivity index (χ2n) is 4.79. The molecule has 2 N–H and O–H groups in total. The first-order valence-corrected chi connectivity index (χ1v) is 7.13. The molecule has 22 heavy (non-hydrogen) atoms.